The average Bonchev–Trinajstić information content (AvgIpc) is 3.06. The molecule has 0 bridgehead atoms. The van der Waals surface area contributed by atoms with E-state index in [1.54, 1.807) is 7.11 Å². The van der Waals surface area contributed by atoms with Crippen LogP contribution in [0.1, 0.15) is 23.7 Å². The van der Waals surface area contributed by atoms with Crippen LogP contribution in [0.4, 0.5) is 0 Å². The smallest absolute Gasteiger partial charge is 0.191 e. The molecule has 0 aliphatic rings. The molecule has 2 aromatic heterocycles. The molecule has 0 radical (unpaired) electrons. The molecule has 28 heavy (non-hydrogen) atoms. The van der Waals surface area contributed by atoms with Gasteiger partial charge in [-0.1, -0.05) is 12.1 Å². The monoisotopic (exact) mass is 557 g/mol. The summed E-state index contributed by atoms with van der Waals surface area (Å²) in [6, 6.07) is 10.1. The predicted molar refractivity (Wildman–Crippen MR) is 128 cm³/mol. The molecule has 3 rings (SSSR count). The van der Waals surface area contributed by atoms with Gasteiger partial charge in [-0.25, -0.2) is 9.98 Å². The van der Waals surface area contributed by atoms with Crippen LogP contribution in [0.5, 0.6) is 5.75 Å². The van der Waals surface area contributed by atoms with Gasteiger partial charge in [0.25, 0.3) is 0 Å². The number of aliphatic imine (C=N–C) groups is 1. The molecule has 8 heteroatoms. The third kappa shape index (κ3) is 5.84. The second kappa shape index (κ2) is 10.7. The first kappa shape index (κ1) is 22.5. The molecule has 0 aliphatic heterocycles. The number of methoxy groups -OCH3 is 1. The number of hydrogen-bond donors (Lipinski definition) is 2. The Bertz CT molecular complexity index is 957. The van der Waals surface area contributed by atoms with Crippen LogP contribution in [0.3, 0.4) is 0 Å². The van der Waals surface area contributed by atoms with Crippen molar-refractivity contribution >= 4 is 51.5 Å². The van der Waals surface area contributed by atoms with Gasteiger partial charge in [-0.05, 0) is 53.5 Å². The lowest BCUT2D eigenvalue weighted by Crippen LogP contribution is -2.36. The van der Waals surface area contributed by atoms with E-state index in [1.807, 2.05) is 41.9 Å². The number of hydrogen-bond acceptors (Lipinski definition) is 3. The maximum Gasteiger partial charge on any atom is 0.191 e. The van der Waals surface area contributed by atoms with Gasteiger partial charge in [0.2, 0.25) is 0 Å². The van der Waals surface area contributed by atoms with E-state index in [9.17, 15) is 0 Å². The number of guanidine groups is 1. The van der Waals surface area contributed by atoms with Crippen molar-refractivity contribution in [1.82, 2.24) is 20.0 Å². The van der Waals surface area contributed by atoms with Crippen LogP contribution in [0, 0.1) is 6.92 Å². The molecule has 0 aliphatic carbocycles. The van der Waals surface area contributed by atoms with Gasteiger partial charge in [-0.15, -0.1) is 24.0 Å². The number of rotatable bonds is 6. The van der Waals surface area contributed by atoms with Crippen molar-refractivity contribution in [1.29, 1.82) is 0 Å². The summed E-state index contributed by atoms with van der Waals surface area (Å²) in [6.45, 7) is 6.02. The van der Waals surface area contributed by atoms with Crippen LogP contribution >= 0.6 is 39.9 Å². The quantitative estimate of drug-likeness (QED) is 0.270. The zero-order valence-corrected chi connectivity index (χ0v) is 20.1. The van der Waals surface area contributed by atoms with Crippen LogP contribution in [0.2, 0.25) is 0 Å². The Hall–Kier alpha value is -1.81. The molecular formula is C20H25BrIN5O. The number of benzene rings is 1. The SMILES string of the molecule is CCNC(=NCc1ccc(C)cc1OC)NCc1cn2cc(Br)ccc2n1.I. The highest BCUT2D eigenvalue weighted by Crippen LogP contribution is 2.20. The van der Waals surface area contributed by atoms with Gasteiger partial charge in [-0.2, -0.15) is 0 Å². The van der Waals surface area contributed by atoms with Crippen molar-refractivity contribution in [3.63, 3.8) is 0 Å². The summed E-state index contributed by atoms with van der Waals surface area (Å²) in [5.41, 5.74) is 4.09. The minimum absolute atomic E-state index is 0. The molecule has 0 amide bonds. The van der Waals surface area contributed by atoms with Crippen LogP contribution in [-0.4, -0.2) is 29.0 Å². The summed E-state index contributed by atoms with van der Waals surface area (Å²) in [5, 5.41) is 6.61. The fourth-order valence-electron chi connectivity index (χ4n) is 2.77. The van der Waals surface area contributed by atoms with Crippen LogP contribution in [-0.2, 0) is 13.1 Å². The lowest BCUT2D eigenvalue weighted by molar-refractivity contribution is 0.409. The molecule has 1 aromatic carbocycles. The minimum atomic E-state index is 0. The number of imidazole rings is 1. The number of aryl methyl sites for hydroxylation is 1. The second-order valence-electron chi connectivity index (χ2n) is 6.21. The standard InChI is InChI=1S/C20H24BrN5O.HI/c1-4-22-20(23-10-15-6-5-14(2)9-18(15)27-3)24-11-17-13-26-12-16(21)7-8-19(26)25-17;/h5-9,12-13H,4,10-11H2,1-3H3,(H2,22,23,24);1H. The number of fused-ring (bicyclic) bond motifs is 1. The van der Waals surface area contributed by atoms with Crippen LogP contribution in [0.25, 0.3) is 5.65 Å². The first-order chi connectivity index (χ1) is 13.1. The number of ether oxygens (including phenoxy) is 1. The third-order valence-electron chi connectivity index (χ3n) is 4.10. The maximum absolute atomic E-state index is 5.46. The average molecular weight is 558 g/mol. The van der Waals surface area contributed by atoms with E-state index < -0.39 is 0 Å². The number of aromatic nitrogens is 2. The minimum Gasteiger partial charge on any atom is -0.496 e. The lowest BCUT2D eigenvalue weighted by atomic mass is 10.1. The Balaban J connectivity index is 0.00000280. The van der Waals surface area contributed by atoms with Gasteiger partial charge in [0, 0.05) is 29.0 Å². The highest BCUT2D eigenvalue weighted by atomic mass is 127. The predicted octanol–water partition coefficient (Wildman–Crippen LogP) is 4.29. The summed E-state index contributed by atoms with van der Waals surface area (Å²) in [6.07, 6.45) is 4.01. The fraction of sp³-hybridized carbons (Fsp3) is 0.300. The Morgan fingerprint density at radius 1 is 1.21 bits per heavy atom. The van der Waals surface area contributed by atoms with Gasteiger partial charge in [-0.3, -0.25) is 0 Å². The number of pyridine rings is 1. The lowest BCUT2D eigenvalue weighted by Gasteiger charge is -2.11. The molecular weight excluding hydrogens is 533 g/mol. The Kier molecular flexibility index (Phi) is 8.56. The topological polar surface area (TPSA) is 63.0 Å². The molecule has 0 fully saturated rings. The zero-order chi connectivity index (χ0) is 19.2. The largest absolute Gasteiger partial charge is 0.496 e. The van der Waals surface area contributed by atoms with E-state index in [2.05, 4.69) is 55.6 Å². The molecule has 0 saturated carbocycles. The van der Waals surface area contributed by atoms with E-state index in [0.29, 0.717) is 13.1 Å². The molecule has 6 nitrogen and oxygen atoms in total. The van der Waals surface area contributed by atoms with Gasteiger partial charge in [0.15, 0.2) is 5.96 Å². The third-order valence-corrected chi connectivity index (χ3v) is 4.57. The van der Waals surface area contributed by atoms with Crippen LogP contribution in [0.15, 0.2) is 52.2 Å². The number of nitrogens with zero attached hydrogens (tertiary/aromatic N) is 3. The van der Waals surface area contributed by atoms with Gasteiger partial charge in [0.05, 0.1) is 25.9 Å². The molecule has 0 unspecified atom stereocenters. The Morgan fingerprint density at radius 2 is 2.04 bits per heavy atom. The Morgan fingerprint density at radius 3 is 2.79 bits per heavy atom. The van der Waals surface area contributed by atoms with Gasteiger partial charge >= 0.3 is 0 Å². The first-order valence-electron chi connectivity index (χ1n) is 8.88. The normalized spacial score (nSPS) is 11.2. The summed E-state index contributed by atoms with van der Waals surface area (Å²) in [4.78, 5) is 9.30. The summed E-state index contributed by atoms with van der Waals surface area (Å²) in [7, 11) is 1.69. The van der Waals surface area contributed by atoms with Crippen molar-refractivity contribution in [2.45, 2.75) is 26.9 Å². The molecule has 0 spiro atoms. The first-order valence-corrected chi connectivity index (χ1v) is 9.67. The van der Waals surface area contributed by atoms with Crippen molar-refractivity contribution in [2.24, 2.45) is 4.99 Å². The molecule has 3 aromatic rings. The van der Waals surface area contributed by atoms with Crippen molar-refractivity contribution < 1.29 is 4.74 Å². The van der Waals surface area contributed by atoms with Crippen LogP contribution < -0.4 is 15.4 Å². The van der Waals surface area contributed by atoms with Crippen molar-refractivity contribution in [3.8, 4) is 5.75 Å². The molecule has 2 N–H and O–H groups in total. The van der Waals surface area contributed by atoms with Gasteiger partial charge in [0.1, 0.15) is 11.4 Å². The number of nitrogens with one attached hydrogen (secondary N) is 2. The van der Waals surface area contributed by atoms with E-state index in [-0.39, 0.29) is 24.0 Å². The van der Waals surface area contributed by atoms with E-state index >= 15 is 0 Å². The second-order valence-corrected chi connectivity index (χ2v) is 7.12. The highest BCUT2D eigenvalue weighted by Gasteiger charge is 2.06. The van der Waals surface area contributed by atoms with E-state index in [1.165, 1.54) is 5.56 Å². The molecule has 0 saturated heterocycles. The molecule has 0 atom stereocenters. The van der Waals surface area contributed by atoms with Crippen molar-refractivity contribution in [3.05, 3.63) is 64.0 Å². The maximum atomic E-state index is 5.46. The van der Waals surface area contributed by atoms with E-state index in [4.69, 9.17) is 4.74 Å². The molecule has 2 heterocycles. The Labute approximate surface area is 191 Å². The van der Waals surface area contributed by atoms with Crippen molar-refractivity contribution in [2.75, 3.05) is 13.7 Å². The highest BCUT2D eigenvalue weighted by molar-refractivity contribution is 14.0. The molecule has 150 valence electrons. The summed E-state index contributed by atoms with van der Waals surface area (Å²) in [5.74, 6) is 1.61. The van der Waals surface area contributed by atoms with Gasteiger partial charge < -0.3 is 19.8 Å². The summed E-state index contributed by atoms with van der Waals surface area (Å²) >= 11 is 3.48. The number of halogens is 2. The van der Waals surface area contributed by atoms with E-state index in [0.717, 1.165) is 39.6 Å². The fourth-order valence-corrected chi connectivity index (χ4v) is 3.12. The zero-order valence-electron chi connectivity index (χ0n) is 16.2. The summed E-state index contributed by atoms with van der Waals surface area (Å²) < 4.78 is 8.49.